The number of Topliss-reactive ketones (excluding diaryl/α,β-unsaturated/α-hetero) is 1. The molecule has 0 spiro atoms. The summed E-state index contributed by atoms with van der Waals surface area (Å²) in [6.45, 7) is 23.8. The van der Waals surface area contributed by atoms with Crippen molar-refractivity contribution in [1.82, 2.24) is 15.0 Å². The number of fused-ring (bicyclic) bond motifs is 7. The number of nitrogens with zero attached hydrogens (tertiary/aromatic N) is 4. The van der Waals surface area contributed by atoms with Gasteiger partial charge in [0.15, 0.2) is 12.1 Å². The van der Waals surface area contributed by atoms with Gasteiger partial charge in [-0.1, -0.05) is 144 Å². The normalized spacial score (nSPS) is 22.7. The predicted octanol–water partition coefficient (Wildman–Crippen LogP) is 9.13. The van der Waals surface area contributed by atoms with E-state index >= 15 is 0 Å². The molecule has 6 rings (SSSR count). The van der Waals surface area contributed by atoms with Crippen LogP contribution in [0.15, 0.2) is 29.6 Å². The summed E-state index contributed by atoms with van der Waals surface area (Å²) in [5.74, 6) is -1.01. The monoisotopic (exact) mass is 853 g/mol. The molecule has 1 aliphatic carbocycles. The van der Waals surface area contributed by atoms with E-state index in [2.05, 4.69) is 61.1 Å². The molecule has 1 saturated heterocycles. The Bertz CT molecular complexity index is 2340. The van der Waals surface area contributed by atoms with Crippen molar-refractivity contribution >= 4 is 64.7 Å². The number of aliphatic hydroxyl groups is 1. The second-order valence-corrected chi connectivity index (χ2v) is 18.0. The zero-order valence-corrected chi connectivity index (χ0v) is 40.5. The van der Waals surface area contributed by atoms with E-state index < -0.39 is 18.2 Å². The molecule has 0 radical (unpaired) electrons. The summed E-state index contributed by atoms with van der Waals surface area (Å²) >= 11 is 0. The zero-order valence-electron chi connectivity index (χ0n) is 39.1. The number of rotatable bonds is 19. The van der Waals surface area contributed by atoms with E-state index in [9.17, 15) is 14.7 Å². The maximum absolute atomic E-state index is 14.4. The van der Waals surface area contributed by atoms with Gasteiger partial charge in [-0.2, -0.15) is 11.4 Å². The molecule has 0 amide bonds. The topological polar surface area (TPSA) is 129 Å². The van der Waals surface area contributed by atoms with Crippen LogP contribution in [0, 0.1) is 50.4 Å². The summed E-state index contributed by atoms with van der Waals surface area (Å²) in [6.07, 6.45) is 20.4. The fraction of sp³-hybridized carbons (Fsp3) is 0.538. The minimum atomic E-state index is -1.20. The molecule has 9 nitrogen and oxygen atoms in total. The van der Waals surface area contributed by atoms with Gasteiger partial charge in [-0.15, -0.1) is 33.5 Å². The molecule has 0 aromatic carbocycles. The Morgan fingerprint density at radius 3 is 2.26 bits per heavy atom. The van der Waals surface area contributed by atoms with Crippen molar-refractivity contribution in [3.05, 3.63) is 102 Å². The SMILES string of the molecule is C=Cc1c2[n-]c(c1C)/C=C1\[N-]/C(=C3\c4[n-]c(c(C)c4C(=O)[C@@H]3C(=O)OC)/C=c3\[n-]/c(c(C)c3CC)=C\2)[C@@H](CCC(O)OC/C=C(\C)CCC[C@H](C)CCC[C@H](C)CCC)[C@@H]1C.[Mg+2]. The van der Waals surface area contributed by atoms with Gasteiger partial charge in [0.25, 0.3) is 0 Å². The number of methoxy groups -OCH3 is 1. The molecule has 1 unspecified atom stereocenters. The van der Waals surface area contributed by atoms with Crippen LogP contribution in [0.2, 0.25) is 0 Å². The molecule has 8 bridgehead atoms. The van der Waals surface area contributed by atoms with Gasteiger partial charge in [-0.25, -0.2) is 0 Å². The average molecular weight is 853 g/mol. The Hall–Kier alpha value is -3.83. The Balaban J connectivity index is 0.00000726. The molecular formula is C52H68MgN4O5-2. The summed E-state index contributed by atoms with van der Waals surface area (Å²) in [7, 11) is 1.31. The number of esters is 1. The first-order chi connectivity index (χ1) is 29.2. The predicted molar refractivity (Wildman–Crippen MR) is 252 cm³/mol. The molecule has 3 aromatic rings. The number of aromatic nitrogens is 3. The number of hydrogen-bond donors (Lipinski definition) is 1. The average Bonchev–Trinajstić information content (AvgIpc) is 3.97. The number of ether oxygens (including phenoxy) is 2. The van der Waals surface area contributed by atoms with Crippen LogP contribution in [0.25, 0.3) is 35.2 Å². The molecule has 330 valence electrons. The number of carbonyl (C=O) groups is 2. The second-order valence-electron chi connectivity index (χ2n) is 18.0. The van der Waals surface area contributed by atoms with E-state index in [4.69, 9.17) is 29.7 Å². The number of ketones is 1. The Labute approximate surface area is 386 Å². The smallest absolute Gasteiger partial charge is 0.664 e. The molecule has 3 aliphatic rings. The first kappa shape index (κ1) is 49.2. The quantitative estimate of drug-likeness (QED) is 0.0416. The van der Waals surface area contributed by atoms with Crippen LogP contribution >= 0.6 is 0 Å². The molecule has 6 atom stereocenters. The number of hydrogen-bond acceptors (Lipinski definition) is 5. The standard InChI is InChI=1S/C52H69N4O5.Mg/c1-12-17-29(4)18-15-19-30(5)20-16-21-31(6)24-25-61-45(57)23-22-38-34(9)41-26-39-32(7)36(13-2)43(53-39)27-40-33(8)37(14-3)44(54-40)28-42-35(10)46-50(56-42)47(49(38)55-41)48(51(46)58)52(59)60-11;/h13,24,26-30,34,38,45,48,57H,2,12,14-23,25H2,1,3-11H3,(H-,55,56,58);/q-3;+2/p-1/b31-24+,40-27-,41-26-,44-28-;/t29-,30-,34+,38+,45?,48-;/m1./s1. The minimum absolute atomic E-state index is 0. The number of carbonyl (C=O) groups excluding carboxylic acids is 2. The van der Waals surface area contributed by atoms with Gasteiger partial charge in [-0.05, 0) is 89.0 Å². The maximum Gasteiger partial charge on any atom is 2.00 e. The van der Waals surface area contributed by atoms with Crippen LogP contribution < -0.4 is 25.7 Å². The third-order valence-electron chi connectivity index (χ3n) is 13.6. The number of allylic oxidation sites excluding steroid dienone is 3. The van der Waals surface area contributed by atoms with Gasteiger partial charge in [0.2, 0.25) is 0 Å². The van der Waals surface area contributed by atoms with Crippen LogP contribution in [0.1, 0.15) is 167 Å². The summed E-state index contributed by atoms with van der Waals surface area (Å²) in [6, 6.07) is 0. The molecule has 10 heteroatoms. The van der Waals surface area contributed by atoms with Crippen molar-refractivity contribution < 1.29 is 24.2 Å². The van der Waals surface area contributed by atoms with E-state index in [1.165, 1.54) is 51.2 Å². The van der Waals surface area contributed by atoms with Crippen molar-refractivity contribution in [3.63, 3.8) is 0 Å². The van der Waals surface area contributed by atoms with E-state index in [-0.39, 0.29) is 40.7 Å². The van der Waals surface area contributed by atoms with E-state index in [1.807, 2.05) is 38.2 Å². The summed E-state index contributed by atoms with van der Waals surface area (Å²) < 4.78 is 11.2. The van der Waals surface area contributed by atoms with Crippen LogP contribution in [-0.2, 0) is 20.7 Å². The largest absolute Gasteiger partial charge is 2.00 e. The molecule has 62 heavy (non-hydrogen) atoms. The first-order valence-corrected chi connectivity index (χ1v) is 22.8. The first-order valence-electron chi connectivity index (χ1n) is 22.8. The fourth-order valence-corrected chi connectivity index (χ4v) is 9.78. The Morgan fingerprint density at radius 1 is 0.903 bits per heavy atom. The van der Waals surface area contributed by atoms with Gasteiger partial charge in [0.05, 0.1) is 13.7 Å². The minimum Gasteiger partial charge on any atom is -0.664 e. The fourth-order valence-electron chi connectivity index (χ4n) is 9.78. The molecule has 3 aromatic heterocycles. The van der Waals surface area contributed by atoms with Gasteiger partial charge in [0, 0.05) is 5.56 Å². The molecule has 1 fully saturated rings. The molecule has 5 heterocycles. The van der Waals surface area contributed by atoms with E-state index in [0.717, 1.165) is 81.1 Å². The van der Waals surface area contributed by atoms with Crippen molar-refractivity contribution in [3.8, 4) is 0 Å². The second kappa shape index (κ2) is 21.7. The summed E-state index contributed by atoms with van der Waals surface area (Å²) in [5.41, 5.74) is 11.0. The van der Waals surface area contributed by atoms with Crippen molar-refractivity contribution in [2.75, 3.05) is 13.7 Å². The zero-order chi connectivity index (χ0) is 44.1. The van der Waals surface area contributed by atoms with Crippen molar-refractivity contribution in [2.24, 2.45) is 29.6 Å². The van der Waals surface area contributed by atoms with Gasteiger partial charge in [0.1, 0.15) is 5.92 Å². The molecule has 1 N–H and O–H groups in total. The van der Waals surface area contributed by atoms with Gasteiger partial charge >= 0.3 is 29.0 Å². The molecule has 2 aliphatic heterocycles. The summed E-state index contributed by atoms with van der Waals surface area (Å²) in [4.78, 5) is 43.2. The van der Waals surface area contributed by atoms with Crippen LogP contribution in [0.3, 0.4) is 0 Å². The van der Waals surface area contributed by atoms with E-state index in [1.54, 1.807) is 0 Å². The van der Waals surface area contributed by atoms with Crippen LogP contribution in [0.4, 0.5) is 0 Å². The van der Waals surface area contributed by atoms with Crippen LogP contribution in [0.5, 0.6) is 0 Å². The van der Waals surface area contributed by atoms with Crippen molar-refractivity contribution in [2.45, 2.75) is 139 Å². The molecular weight excluding hydrogens is 785 g/mol. The van der Waals surface area contributed by atoms with E-state index in [0.29, 0.717) is 53.2 Å². The number of aliphatic hydroxyl groups excluding tert-OH is 1. The Kier molecular flexibility index (Phi) is 17.2. The third kappa shape index (κ3) is 10.4. The van der Waals surface area contributed by atoms with Crippen LogP contribution in [-0.4, -0.2) is 59.9 Å². The molecule has 0 saturated carbocycles. The maximum atomic E-state index is 14.4. The van der Waals surface area contributed by atoms with Gasteiger partial charge < -0.3 is 34.8 Å². The van der Waals surface area contributed by atoms with Gasteiger partial charge in [-0.3, -0.25) is 9.59 Å². The van der Waals surface area contributed by atoms with Crippen molar-refractivity contribution in [1.29, 1.82) is 0 Å². The summed E-state index contributed by atoms with van der Waals surface area (Å²) in [5, 5.41) is 18.1. The third-order valence-corrected chi connectivity index (χ3v) is 13.6. The Morgan fingerprint density at radius 2 is 1.58 bits per heavy atom.